The highest BCUT2D eigenvalue weighted by Gasteiger charge is 1.99. The second-order valence-corrected chi connectivity index (χ2v) is 3.53. The van der Waals surface area contributed by atoms with E-state index in [9.17, 15) is 0 Å². The molecule has 0 fully saturated rings. The third kappa shape index (κ3) is 2.99. The van der Waals surface area contributed by atoms with E-state index in [0.717, 1.165) is 11.4 Å². The molecule has 1 heterocycles. The van der Waals surface area contributed by atoms with Gasteiger partial charge in [0.15, 0.2) is 0 Å². The number of nitrogens with one attached hydrogen (secondary N) is 1. The van der Waals surface area contributed by atoms with Crippen LogP contribution in [0.15, 0.2) is 18.3 Å². The van der Waals surface area contributed by atoms with Gasteiger partial charge in [-0.15, -0.1) is 0 Å². The summed E-state index contributed by atoms with van der Waals surface area (Å²) < 4.78 is 0. The summed E-state index contributed by atoms with van der Waals surface area (Å²) in [6.45, 7) is 4.10. The molecule has 70 valence electrons. The van der Waals surface area contributed by atoms with Crippen LogP contribution in [0.4, 0.5) is 5.82 Å². The minimum Gasteiger partial charge on any atom is -0.389 e. The van der Waals surface area contributed by atoms with Crippen molar-refractivity contribution in [3.8, 4) is 0 Å². The predicted molar refractivity (Wildman–Crippen MR) is 58.9 cm³/mol. The van der Waals surface area contributed by atoms with Crippen molar-refractivity contribution >= 4 is 23.0 Å². The summed E-state index contributed by atoms with van der Waals surface area (Å²) >= 11 is 4.86. The molecule has 0 aliphatic heterocycles. The molecular weight excluding hydrogens is 182 g/mol. The normalized spacial score (nSPS) is 10.1. The van der Waals surface area contributed by atoms with E-state index in [2.05, 4.69) is 24.1 Å². The quantitative estimate of drug-likeness (QED) is 0.718. The fraction of sp³-hybridized carbons (Fsp3) is 0.333. The number of anilines is 1. The number of hydrogen-bond acceptors (Lipinski definition) is 3. The highest BCUT2D eigenvalue weighted by atomic mass is 32.1. The van der Waals surface area contributed by atoms with Gasteiger partial charge in [-0.05, 0) is 26.0 Å². The fourth-order valence-corrected chi connectivity index (χ4v) is 1.09. The van der Waals surface area contributed by atoms with Gasteiger partial charge in [-0.3, -0.25) is 0 Å². The van der Waals surface area contributed by atoms with Crippen molar-refractivity contribution in [3.63, 3.8) is 0 Å². The fourth-order valence-electron chi connectivity index (χ4n) is 0.959. The van der Waals surface area contributed by atoms with Gasteiger partial charge in [0.1, 0.15) is 10.8 Å². The molecular formula is C9H13N3S. The Labute approximate surface area is 83.4 Å². The van der Waals surface area contributed by atoms with Crippen molar-refractivity contribution in [2.75, 3.05) is 5.32 Å². The lowest BCUT2D eigenvalue weighted by Crippen LogP contribution is -2.13. The topological polar surface area (TPSA) is 50.9 Å². The average Bonchev–Trinajstić information content (AvgIpc) is 2.03. The van der Waals surface area contributed by atoms with Crippen LogP contribution in [-0.4, -0.2) is 16.0 Å². The van der Waals surface area contributed by atoms with E-state index in [4.69, 9.17) is 18.0 Å². The standard InChI is InChI=1S/C9H13N3S/c1-6(2)12-8-5-7(9(10)13)3-4-11-8/h3-6H,1-2H3,(H2,10,13)(H,11,12). The monoisotopic (exact) mass is 195 g/mol. The largest absolute Gasteiger partial charge is 0.389 e. The smallest absolute Gasteiger partial charge is 0.126 e. The van der Waals surface area contributed by atoms with Crippen molar-refractivity contribution in [1.82, 2.24) is 4.98 Å². The van der Waals surface area contributed by atoms with E-state index in [0.29, 0.717) is 11.0 Å². The lowest BCUT2D eigenvalue weighted by molar-refractivity contribution is 0.889. The minimum atomic E-state index is 0.356. The predicted octanol–water partition coefficient (Wildman–Crippen LogP) is 1.54. The van der Waals surface area contributed by atoms with Gasteiger partial charge in [-0.2, -0.15) is 0 Å². The van der Waals surface area contributed by atoms with E-state index in [1.54, 1.807) is 12.3 Å². The molecule has 0 aromatic carbocycles. The van der Waals surface area contributed by atoms with Crippen molar-refractivity contribution in [1.29, 1.82) is 0 Å². The van der Waals surface area contributed by atoms with Crippen LogP contribution in [0, 0.1) is 0 Å². The van der Waals surface area contributed by atoms with Gasteiger partial charge in [-0.1, -0.05) is 12.2 Å². The van der Waals surface area contributed by atoms with Crippen LogP contribution in [0.2, 0.25) is 0 Å². The lowest BCUT2D eigenvalue weighted by atomic mass is 10.2. The highest BCUT2D eigenvalue weighted by Crippen LogP contribution is 2.07. The zero-order chi connectivity index (χ0) is 9.84. The molecule has 0 radical (unpaired) electrons. The summed E-state index contributed by atoms with van der Waals surface area (Å²) in [5, 5.41) is 3.17. The van der Waals surface area contributed by atoms with E-state index < -0.39 is 0 Å². The molecule has 0 saturated carbocycles. The lowest BCUT2D eigenvalue weighted by Gasteiger charge is -2.09. The Balaban J connectivity index is 2.85. The van der Waals surface area contributed by atoms with Crippen molar-refractivity contribution < 1.29 is 0 Å². The zero-order valence-electron chi connectivity index (χ0n) is 7.74. The first-order chi connectivity index (χ1) is 6.09. The van der Waals surface area contributed by atoms with Gasteiger partial charge >= 0.3 is 0 Å². The zero-order valence-corrected chi connectivity index (χ0v) is 8.56. The molecule has 0 aliphatic carbocycles. The van der Waals surface area contributed by atoms with Gasteiger partial charge in [-0.25, -0.2) is 4.98 Å². The number of nitrogens with two attached hydrogens (primary N) is 1. The Morgan fingerprint density at radius 3 is 2.85 bits per heavy atom. The number of hydrogen-bond donors (Lipinski definition) is 2. The minimum absolute atomic E-state index is 0.356. The number of thiocarbonyl (C=S) groups is 1. The molecule has 0 bridgehead atoms. The van der Waals surface area contributed by atoms with Crippen LogP contribution >= 0.6 is 12.2 Å². The van der Waals surface area contributed by atoms with Crippen LogP contribution in [0.3, 0.4) is 0 Å². The molecule has 13 heavy (non-hydrogen) atoms. The molecule has 0 atom stereocenters. The second-order valence-electron chi connectivity index (χ2n) is 3.09. The van der Waals surface area contributed by atoms with Crippen LogP contribution < -0.4 is 11.1 Å². The third-order valence-corrected chi connectivity index (χ3v) is 1.72. The Hall–Kier alpha value is -1.16. The molecule has 3 nitrogen and oxygen atoms in total. The van der Waals surface area contributed by atoms with Gasteiger partial charge in [0, 0.05) is 17.8 Å². The molecule has 1 aromatic rings. The highest BCUT2D eigenvalue weighted by molar-refractivity contribution is 7.80. The molecule has 0 spiro atoms. The van der Waals surface area contributed by atoms with Crippen molar-refractivity contribution in [3.05, 3.63) is 23.9 Å². The molecule has 0 aliphatic rings. The van der Waals surface area contributed by atoms with E-state index in [-0.39, 0.29) is 0 Å². The van der Waals surface area contributed by atoms with Crippen molar-refractivity contribution in [2.45, 2.75) is 19.9 Å². The summed E-state index contributed by atoms with van der Waals surface area (Å²) in [7, 11) is 0. The van der Waals surface area contributed by atoms with Gasteiger partial charge in [0.2, 0.25) is 0 Å². The summed E-state index contributed by atoms with van der Waals surface area (Å²) in [6, 6.07) is 4.00. The SMILES string of the molecule is CC(C)Nc1cc(C(N)=S)ccn1. The van der Waals surface area contributed by atoms with E-state index in [1.165, 1.54) is 0 Å². The van der Waals surface area contributed by atoms with Gasteiger partial charge < -0.3 is 11.1 Å². The average molecular weight is 195 g/mol. The molecule has 0 saturated heterocycles. The Bertz CT molecular complexity index is 309. The van der Waals surface area contributed by atoms with Crippen LogP contribution in [0.5, 0.6) is 0 Å². The Morgan fingerprint density at radius 2 is 2.31 bits per heavy atom. The Morgan fingerprint density at radius 1 is 1.62 bits per heavy atom. The number of aromatic nitrogens is 1. The first kappa shape index (κ1) is 9.92. The van der Waals surface area contributed by atoms with Gasteiger partial charge in [0.05, 0.1) is 0 Å². The van der Waals surface area contributed by atoms with E-state index >= 15 is 0 Å². The van der Waals surface area contributed by atoms with Crippen LogP contribution in [-0.2, 0) is 0 Å². The summed E-state index contributed by atoms with van der Waals surface area (Å²) in [5.74, 6) is 0.806. The number of pyridine rings is 1. The molecule has 1 rings (SSSR count). The summed E-state index contributed by atoms with van der Waals surface area (Å²) in [4.78, 5) is 4.53. The molecule has 3 N–H and O–H groups in total. The number of nitrogens with zero attached hydrogens (tertiary/aromatic N) is 1. The van der Waals surface area contributed by atoms with Gasteiger partial charge in [0.25, 0.3) is 0 Å². The van der Waals surface area contributed by atoms with E-state index in [1.807, 2.05) is 6.07 Å². The molecule has 0 unspecified atom stereocenters. The molecule has 0 amide bonds. The Kier molecular flexibility index (Phi) is 3.19. The van der Waals surface area contributed by atoms with Crippen molar-refractivity contribution in [2.24, 2.45) is 5.73 Å². The first-order valence-electron chi connectivity index (χ1n) is 4.12. The number of rotatable bonds is 3. The maximum Gasteiger partial charge on any atom is 0.126 e. The molecule has 1 aromatic heterocycles. The summed E-state index contributed by atoms with van der Waals surface area (Å²) in [6.07, 6.45) is 1.69. The summed E-state index contributed by atoms with van der Waals surface area (Å²) in [5.41, 5.74) is 6.33. The maximum atomic E-state index is 5.49. The maximum absolute atomic E-state index is 5.49. The molecule has 4 heteroatoms. The third-order valence-electron chi connectivity index (χ3n) is 1.48. The van der Waals surface area contributed by atoms with Crippen LogP contribution in [0.1, 0.15) is 19.4 Å². The first-order valence-corrected chi connectivity index (χ1v) is 4.53. The second kappa shape index (κ2) is 4.18. The van der Waals surface area contributed by atoms with Crippen LogP contribution in [0.25, 0.3) is 0 Å².